The molecule has 0 atom stereocenters. The smallest absolute Gasteiger partial charge is 0.255 e. The first kappa shape index (κ1) is 17.9. The van der Waals surface area contributed by atoms with Crippen molar-refractivity contribution in [3.8, 4) is 0 Å². The van der Waals surface area contributed by atoms with Crippen molar-refractivity contribution < 1.29 is 13.2 Å². The van der Waals surface area contributed by atoms with Crippen molar-refractivity contribution in [1.29, 1.82) is 0 Å². The highest BCUT2D eigenvalue weighted by Gasteiger charge is 2.12. The van der Waals surface area contributed by atoms with Crippen LogP contribution in [-0.2, 0) is 10.0 Å². The molecule has 0 aliphatic heterocycles. The number of sulfonamides is 1. The zero-order valence-corrected chi connectivity index (χ0v) is 15.1. The van der Waals surface area contributed by atoms with Crippen molar-refractivity contribution in [2.45, 2.75) is 13.3 Å². The minimum Gasteiger partial charge on any atom is -0.320 e. The molecule has 0 saturated heterocycles. The molecule has 0 aliphatic rings. The van der Waals surface area contributed by atoms with Gasteiger partial charge in [0, 0.05) is 22.8 Å². The summed E-state index contributed by atoms with van der Waals surface area (Å²) in [6.07, 6.45) is 2.19. The molecule has 0 spiro atoms. The van der Waals surface area contributed by atoms with Gasteiger partial charge in [-0.15, -0.1) is 0 Å². The number of nitrogens with zero attached hydrogens (tertiary/aromatic N) is 1. The van der Waals surface area contributed by atoms with Gasteiger partial charge in [-0.05, 0) is 36.8 Å². The molecule has 134 valence electrons. The molecule has 3 aromatic rings. The maximum atomic E-state index is 12.6. The molecule has 7 heteroatoms. The molecule has 2 N–H and O–H groups in total. The standard InChI is InChI=1S/C19H19N3O3S/c1-2-12-26(24,25)22-16-9-3-7-15(13-16)19(23)21-17-10-4-6-14-8-5-11-20-18(14)17/h3-11,13,22H,2,12H2,1H3,(H,21,23). The molecule has 1 aromatic heterocycles. The molecule has 0 unspecified atom stereocenters. The van der Waals surface area contributed by atoms with Gasteiger partial charge in [-0.1, -0.05) is 31.2 Å². The first-order valence-corrected chi connectivity index (χ1v) is 9.89. The second-order valence-electron chi connectivity index (χ2n) is 5.84. The third-order valence-electron chi connectivity index (χ3n) is 3.75. The van der Waals surface area contributed by atoms with Crippen molar-refractivity contribution >= 4 is 38.2 Å². The first-order chi connectivity index (χ1) is 12.5. The van der Waals surface area contributed by atoms with E-state index < -0.39 is 10.0 Å². The number of benzene rings is 2. The molecule has 0 radical (unpaired) electrons. The van der Waals surface area contributed by atoms with Crippen molar-refractivity contribution in [2.24, 2.45) is 0 Å². The lowest BCUT2D eigenvalue weighted by Gasteiger charge is -2.10. The lowest BCUT2D eigenvalue weighted by Crippen LogP contribution is -2.17. The summed E-state index contributed by atoms with van der Waals surface area (Å²) in [5, 5.41) is 3.76. The summed E-state index contributed by atoms with van der Waals surface area (Å²) in [5.41, 5.74) is 2.02. The number of carbonyl (C=O) groups is 1. The summed E-state index contributed by atoms with van der Waals surface area (Å²) in [7, 11) is -3.41. The van der Waals surface area contributed by atoms with Crippen molar-refractivity contribution in [2.75, 3.05) is 15.8 Å². The summed E-state index contributed by atoms with van der Waals surface area (Å²) in [4.78, 5) is 16.9. The van der Waals surface area contributed by atoms with E-state index in [4.69, 9.17) is 0 Å². The maximum absolute atomic E-state index is 12.6. The molecule has 0 bridgehead atoms. The molecule has 0 fully saturated rings. The fraction of sp³-hybridized carbons (Fsp3) is 0.158. The van der Waals surface area contributed by atoms with Gasteiger partial charge in [-0.25, -0.2) is 8.42 Å². The molecule has 3 rings (SSSR count). The third kappa shape index (κ3) is 4.18. The number of nitrogens with one attached hydrogen (secondary N) is 2. The fourth-order valence-corrected chi connectivity index (χ4v) is 3.75. The van der Waals surface area contributed by atoms with Crippen molar-refractivity contribution in [3.05, 3.63) is 66.4 Å². The van der Waals surface area contributed by atoms with E-state index >= 15 is 0 Å². The number of aromatic nitrogens is 1. The molecular weight excluding hydrogens is 350 g/mol. The fourth-order valence-electron chi connectivity index (χ4n) is 2.62. The SMILES string of the molecule is CCCS(=O)(=O)Nc1cccc(C(=O)Nc2cccc3cccnc23)c1. The van der Waals surface area contributed by atoms with Crippen LogP contribution >= 0.6 is 0 Å². The Morgan fingerprint density at radius 3 is 2.65 bits per heavy atom. The van der Waals surface area contributed by atoms with Gasteiger partial charge in [0.2, 0.25) is 10.0 Å². The van der Waals surface area contributed by atoms with Crippen LogP contribution < -0.4 is 10.0 Å². The topological polar surface area (TPSA) is 88.2 Å². The molecule has 26 heavy (non-hydrogen) atoms. The Bertz CT molecular complexity index is 1040. The third-order valence-corrected chi connectivity index (χ3v) is 5.24. The number of para-hydroxylation sites is 1. The van der Waals surface area contributed by atoms with Crippen LogP contribution in [0.15, 0.2) is 60.8 Å². The minimum atomic E-state index is -3.41. The Balaban J connectivity index is 1.83. The molecule has 0 aliphatic carbocycles. The van der Waals surface area contributed by atoms with Crippen LogP contribution in [0, 0.1) is 0 Å². The van der Waals surface area contributed by atoms with Gasteiger partial charge in [0.05, 0.1) is 17.0 Å². The van der Waals surface area contributed by atoms with E-state index in [2.05, 4.69) is 15.0 Å². The van der Waals surface area contributed by atoms with Crippen LogP contribution in [0.2, 0.25) is 0 Å². The van der Waals surface area contributed by atoms with E-state index in [0.717, 1.165) is 5.39 Å². The van der Waals surface area contributed by atoms with Crippen LogP contribution in [0.1, 0.15) is 23.7 Å². The van der Waals surface area contributed by atoms with Crippen LogP contribution in [0.25, 0.3) is 10.9 Å². The predicted octanol–water partition coefficient (Wildman–Crippen LogP) is 3.64. The largest absolute Gasteiger partial charge is 0.320 e. The first-order valence-electron chi connectivity index (χ1n) is 8.24. The molecule has 0 saturated carbocycles. The highest BCUT2D eigenvalue weighted by molar-refractivity contribution is 7.92. The number of pyridine rings is 1. The van der Waals surface area contributed by atoms with Crippen LogP contribution in [-0.4, -0.2) is 25.1 Å². The van der Waals surface area contributed by atoms with E-state index in [9.17, 15) is 13.2 Å². The predicted molar refractivity (Wildman–Crippen MR) is 104 cm³/mol. The number of amides is 1. The highest BCUT2D eigenvalue weighted by atomic mass is 32.2. The summed E-state index contributed by atoms with van der Waals surface area (Å²) < 4.78 is 26.3. The Labute approximate surface area is 152 Å². The Morgan fingerprint density at radius 2 is 1.85 bits per heavy atom. The van der Waals surface area contributed by atoms with E-state index in [1.165, 1.54) is 6.07 Å². The number of fused-ring (bicyclic) bond motifs is 1. The van der Waals surface area contributed by atoms with Gasteiger partial charge in [-0.3, -0.25) is 14.5 Å². The second kappa shape index (κ2) is 7.53. The Kier molecular flexibility index (Phi) is 5.18. The van der Waals surface area contributed by atoms with Gasteiger partial charge >= 0.3 is 0 Å². The van der Waals surface area contributed by atoms with Gasteiger partial charge < -0.3 is 5.32 Å². The maximum Gasteiger partial charge on any atom is 0.255 e. The molecule has 1 amide bonds. The number of carbonyl (C=O) groups excluding carboxylic acids is 1. The van der Waals surface area contributed by atoms with Gasteiger partial charge in [0.1, 0.15) is 0 Å². The quantitative estimate of drug-likeness (QED) is 0.694. The Hall–Kier alpha value is -2.93. The number of rotatable bonds is 6. The summed E-state index contributed by atoms with van der Waals surface area (Å²) in [6.45, 7) is 1.79. The summed E-state index contributed by atoms with van der Waals surface area (Å²) >= 11 is 0. The monoisotopic (exact) mass is 369 g/mol. The molecule has 2 aromatic carbocycles. The normalized spacial score (nSPS) is 11.3. The number of anilines is 2. The zero-order valence-electron chi connectivity index (χ0n) is 14.3. The van der Waals surface area contributed by atoms with E-state index in [-0.39, 0.29) is 11.7 Å². The second-order valence-corrected chi connectivity index (χ2v) is 7.68. The van der Waals surface area contributed by atoms with Crippen LogP contribution in [0.5, 0.6) is 0 Å². The average molecular weight is 369 g/mol. The Morgan fingerprint density at radius 1 is 1.08 bits per heavy atom. The van der Waals surface area contributed by atoms with Crippen molar-refractivity contribution in [1.82, 2.24) is 4.98 Å². The summed E-state index contributed by atoms with van der Waals surface area (Å²) in [6, 6.07) is 15.7. The molecular formula is C19H19N3O3S. The molecule has 6 nitrogen and oxygen atoms in total. The van der Waals surface area contributed by atoms with E-state index in [0.29, 0.717) is 28.9 Å². The molecule has 1 heterocycles. The average Bonchev–Trinajstić information content (AvgIpc) is 2.62. The zero-order chi connectivity index (χ0) is 18.6. The lowest BCUT2D eigenvalue weighted by atomic mass is 10.1. The summed E-state index contributed by atoms with van der Waals surface area (Å²) in [5.74, 6) is -0.301. The highest BCUT2D eigenvalue weighted by Crippen LogP contribution is 2.22. The van der Waals surface area contributed by atoms with Crippen LogP contribution in [0.3, 0.4) is 0 Å². The van der Waals surface area contributed by atoms with Gasteiger partial charge in [0.15, 0.2) is 0 Å². The number of hydrogen-bond donors (Lipinski definition) is 2. The lowest BCUT2D eigenvalue weighted by molar-refractivity contribution is 0.102. The van der Waals surface area contributed by atoms with Crippen LogP contribution in [0.4, 0.5) is 11.4 Å². The van der Waals surface area contributed by atoms with Crippen molar-refractivity contribution in [3.63, 3.8) is 0 Å². The van der Waals surface area contributed by atoms with Gasteiger partial charge in [0.25, 0.3) is 5.91 Å². The van der Waals surface area contributed by atoms with E-state index in [1.54, 1.807) is 37.4 Å². The van der Waals surface area contributed by atoms with E-state index in [1.807, 2.05) is 24.3 Å². The minimum absolute atomic E-state index is 0.0328. The van der Waals surface area contributed by atoms with Gasteiger partial charge in [-0.2, -0.15) is 0 Å². The number of hydrogen-bond acceptors (Lipinski definition) is 4.